The number of amides is 1. The molecule has 0 aliphatic carbocycles. The Kier molecular flexibility index (Phi) is 8.05. The number of carboxylic acids is 1. The summed E-state index contributed by atoms with van der Waals surface area (Å²) in [5, 5.41) is 13.8. The average Bonchev–Trinajstić information content (AvgIpc) is 3.07. The molecule has 0 unspecified atom stereocenters. The second-order valence-electron chi connectivity index (χ2n) is 7.36. The number of aliphatic carboxylic acids is 1. The summed E-state index contributed by atoms with van der Waals surface area (Å²) in [6, 6.07) is 9.65. The number of anilines is 3. The molecule has 1 heterocycles. The number of cyclic esters (lactones) is 1. The molecule has 2 aromatic carbocycles. The smallest absolute Gasteiger partial charge is 0.414 e. The highest BCUT2D eigenvalue weighted by Gasteiger charge is 2.33. The minimum Gasteiger partial charge on any atom is -0.481 e. The fourth-order valence-corrected chi connectivity index (χ4v) is 3.25. The van der Waals surface area contributed by atoms with Gasteiger partial charge in [-0.3, -0.25) is 14.5 Å². The normalized spacial score (nSPS) is 15.2. The lowest BCUT2D eigenvalue weighted by Gasteiger charge is -2.15. The number of thiocarbonyl (C=S) groups is 1. The van der Waals surface area contributed by atoms with Crippen LogP contribution in [0.15, 0.2) is 47.3 Å². The van der Waals surface area contributed by atoms with Gasteiger partial charge in [0.1, 0.15) is 16.9 Å². The van der Waals surface area contributed by atoms with E-state index in [0.29, 0.717) is 5.56 Å². The molecule has 1 atom stereocenters. The second-order valence-corrected chi connectivity index (χ2v) is 7.80. The van der Waals surface area contributed by atoms with Gasteiger partial charge in [-0.2, -0.15) is 0 Å². The largest absolute Gasteiger partial charge is 0.481 e. The van der Waals surface area contributed by atoms with E-state index in [1.54, 1.807) is 6.07 Å². The summed E-state index contributed by atoms with van der Waals surface area (Å²) in [6.07, 6.45) is -4.20. The van der Waals surface area contributed by atoms with Gasteiger partial charge in [-0.1, -0.05) is 24.4 Å². The number of hydrogen-bond donors (Lipinski definition) is 3. The van der Waals surface area contributed by atoms with Crippen molar-refractivity contribution < 1.29 is 32.6 Å². The van der Waals surface area contributed by atoms with Crippen molar-refractivity contribution in [3.05, 3.63) is 64.1 Å². The number of halogens is 3. The number of carboxylic acid groups (broad SMARTS) is 1. The lowest BCUT2D eigenvalue weighted by atomic mass is 10.1. The van der Waals surface area contributed by atoms with Gasteiger partial charge in [-0.25, -0.2) is 18.0 Å². The van der Waals surface area contributed by atoms with Crippen molar-refractivity contribution in [3.63, 3.8) is 0 Å². The van der Waals surface area contributed by atoms with Gasteiger partial charge >= 0.3 is 12.1 Å². The predicted octanol–water partition coefficient (Wildman–Crippen LogP) is 3.45. The summed E-state index contributed by atoms with van der Waals surface area (Å²) in [6.45, 7) is -0.110. The van der Waals surface area contributed by atoms with Crippen LogP contribution in [0.1, 0.15) is 12.0 Å². The molecule has 8 nitrogen and oxygen atoms in total. The van der Waals surface area contributed by atoms with E-state index < -0.39 is 40.8 Å². The Hall–Kier alpha value is -3.67. The number of benzene rings is 1. The highest BCUT2D eigenvalue weighted by molar-refractivity contribution is 7.80. The van der Waals surface area contributed by atoms with E-state index in [4.69, 9.17) is 9.84 Å². The molecular formula is C22H20F3N3O5S. The number of hydrogen-bond acceptors (Lipinski definition) is 6. The molecular weight excluding hydrogens is 475 g/mol. The third-order valence-electron chi connectivity index (χ3n) is 4.92. The van der Waals surface area contributed by atoms with Gasteiger partial charge in [0.15, 0.2) is 0 Å². The van der Waals surface area contributed by atoms with Crippen LogP contribution in [0.2, 0.25) is 0 Å². The highest BCUT2D eigenvalue weighted by atomic mass is 32.1. The molecule has 1 fully saturated rings. The lowest BCUT2D eigenvalue weighted by Crippen LogP contribution is -2.36. The van der Waals surface area contributed by atoms with Gasteiger partial charge in [0, 0.05) is 6.42 Å². The number of nitrogens with one attached hydrogen (secondary N) is 2. The van der Waals surface area contributed by atoms with E-state index >= 15 is 0 Å². The molecule has 1 amide bonds. The van der Waals surface area contributed by atoms with E-state index in [1.807, 2.05) is 0 Å². The lowest BCUT2D eigenvalue weighted by molar-refractivity contribution is -0.136. The summed E-state index contributed by atoms with van der Waals surface area (Å²) >= 11 is 4.48. The Morgan fingerprint density at radius 2 is 1.88 bits per heavy atom. The summed E-state index contributed by atoms with van der Waals surface area (Å²) in [5.41, 5.74) is 0.450. The first kappa shape index (κ1) is 25.0. The number of alkyl halides is 2. The van der Waals surface area contributed by atoms with E-state index in [0.717, 1.165) is 11.0 Å². The zero-order valence-electron chi connectivity index (χ0n) is 17.6. The fourth-order valence-electron chi connectivity index (χ4n) is 3.17. The van der Waals surface area contributed by atoms with Crippen LogP contribution in [-0.4, -0.2) is 47.8 Å². The number of carbonyl (C=O) groups is 2. The summed E-state index contributed by atoms with van der Waals surface area (Å²) in [5.74, 6) is -1.71. The van der Waals surface area contributed by atoms with Crippen molar-refractivity contribution in [1.29, 1.82) is 0 Å². The minimum absolute atomic E-state index is 0.00223. The molecule has 34 heavy (non-hydrogen) atoms. The van der Waals surface area contributed by atoms with Gasteiger partial charge < -0.3 is 20.5 Å². The fraction of sp³-hybridized carbons (Fsp3) is 0.273. The number of ether oxygens (including phenoxy) is 1. The molecule has 0 aromatic heterocycles. The SMILES string of the molecule is O=C(O)CCc1ccc(Nc2ccc(N3C[C@H](CNC(=S)C(F)F)OC3=O)cc2F)c(=O)cc1. The van der Waals surface area contributed by atoms with E-state index in [2.05, 4.69) is 22.9 Å². The standard InChI is InChI=1S/C22H20F3N3O5S/c23-15-9-13(28-11-14(33-22(28)32)10-26-21(34)20(24)25)4-6-16(15)27-17-5-1-12(2-7-18(17)29)3-8-19(30)31/h1-2,4-7,9,14,20H,3,8,10-11H2,(H,26,34)(H,27,29)(H,30,31)/t14-/m0/s1. The Morgan fingerprint density at radius 3 is 2.56 bits per heavy atom. The molecule has 3 rings (SSSR count). The highest BCUT2D eigenvalue weighted by Crippen LogP contribution is 2.27. The molecule has 1 saturated heterocycles. The Bertz CT molecular complexity index is 1160. The Labute approximate surface area is 197 Å². The van der Waals surface area contributed by atoms with E-state index in [-0.39, 0.29) is 43.0 Å². The zero-order valence-corrected chi connectivity index (χ0v) is 18.4. The molecule has 180 valence electrons. The first-order valence-electron chi connectivity index (χ1n) is 10.1. The Morgan fingerprint density at radius 1 is 1.18 bits per heavy atom. The molecule has 12 heteroatoms. The number of aryl methyl sites for hydroxylation is 1. The van der Waals surface area contributed by atoms with Crippen molar-refractivity contribution in [1.82, 2.24) is 5.32 Å². The number of carbonyl (C=O) groups excluding carboxylic acids is 1. The summed E-state index contributed by atoms with van der Waals surface area (Å²) in [7, 11) is 0. The first-order chi connectivity index (χ1) is 16.1. The van der Waals surface area contributed by atoms with Gasteiger partial charge in [0.25, 0.3) is 6.43 Å². The van der Waals surface area contributed by atoms with Crippen molar-refractivity contribution in [2.45, 2.75) is 25.4 Å². The summed E-state index contributed by atoms with van der Waals surface area (Å²) in [4.78, 5) is 35.7. The number of nitrogens with zero attached hydrogens (tertiary/aromatic N) is 1. The van der Waals surface area contributed by atoms with Gasteiger partial charge in [-0.05, 0) is 42.3 Å². The molecule has 1 aliphatic rings. The predicted molar refractivity (Wildman–Crippen MR) is 123 cm³/mol. The Balaban J connectivity index is 1.69. The minimum atomic E-state index is -2.82. The van der Waals surface area contributed by atoms with Crippen LogP contribution in [-0.2, 0) is 16.0 Å². The van der Waals surface area contributed by atoms with Crippen LogP contribution < -0.4 is 21.0 Å². The summed E-state index contributed by atoms with van der Waals surface area (Å²) < 4.78 is 44.8. The maximum absolute atomic E-state index is 14.7. The third kappa shape index (κ3) is 6.44. The van der Waals surface area contributed by atoms with Crippen molar-refractivity contribution in [2.75, 3.05) is 23.3 Å². The van der Waals surface area contributed by atoms with Crippen LogP contribution >= 0.6 is 12.2 Å². The average molecular weight is 495 g/mol. The maximum Gasteiger partial charge on any atom is 0.414 e. The quantitative estimate of drug-likeness (QED) is 0.454. The van der Waals surface area contributed by atoms with E-state index in [9.17, 15) is 27.6 Å². The van der Waals surface area contributed by atoms with Gasteiger partial charge in [0.05, 0.1) is 30.2 Å². The van der Waals surface area contributed by atoms with Crippen LogP contribution in [0.25, 0.3) is 0 Å². The molecule has 0 radical (unpaired) electrons. The zero-order chi connectivity index (χ0) is 24.8. The monoisotopic (exact) mass is 495 g/mol. The maximum atomic E-state index is 14.7. The van der Waals surface area contributed by atoms with Crippen molar-refractivity contribution in [3.8, 4) is 0 Å². The van der Waals surface area contributed by atoms with Crippen LogP contribution in [0.5, 0.6) is 0 Å². The molecule has 2 aromatic rings. The van der Waals surface area contributed by atoms with Crippen molar-refractivity contribution in [2.24, 2.45) is 0 Å². The van der Waals surface area contributed by atoms with Crippen LogP contribution in [0, 0.1) is 5.82 Å². The van der Waals surface area contributed by atoms with Crippen molar-refractivity contribution >= 4 is 46.3 Å². The molecule has 3 N–H and O–H groups in total. The number of rotatable bonds is 9. The molecule has 0 saturated carbocycles. The molecule has 1 aliphatic heterocycles. The topological polar surface area (TPSA) is 108 Å². The molecule has 0 bridgehead atoms. The second kappa shape index (κ2) is 11.0. The van der Waals surface area contributed by atoms with Gasteiger partial charge in [-0.15, -0.1) is 0 Å². The van der Waals surface area contributed by atoms with Crippen LogP contribution in [0.3, 0.4) is 0 Å². The van der Waals surface area contributed by atoms with Crippen LogP contribution in [0.4, 0.5) is 35.0 Å². The van der Waals surface area contributed by atoms with E-state index in [1.165, 1.54) is 30.3 Å². The first-order valence-corrected chi connectivity index (χ1v) is 10.5. The third-order valence-corrected chi connectivity index (χ3v) is 5.24. The molecule has 0 spiro atoms. The van der Waals surface area contributed by atoms with Gasteiger partial charge in [0.2, 0.25) is 5.43 Å².